The summed E-state index contributed by atoms with van der Waals surface area (Å²) < 4.78 is 5.16. The third kappa shape index (κ3) is 1.65. The molecule has 1 aromatic carbocycles. The summed E-state index contributed by atoms with van der Waals surface area (Å²) in [6.07, 6.45) is 2.15. The van der Waals surface area contributed by atoms with E-state index in [-0.39, 0.29) is 6.54 Å². The van der Waals surface area contributed by atoms with Gasteiger partial charge in [-0.3, -0.25) is 14.5 Å². The van der Waals surface area contributed by atoms with Gasteiger partial charge >= 0.3 is 0 Å². The Labute approximate surface area is 114 Å². The van der Waals surface area contributed by atoms with Crippen LogP contribution in [0.2, 0.25) is 0 Å². The molecule has 1 aromatic heterocycles. The largest absolute Gasteiger partial charge is 0.339 e. The number of hydrogen-bond acceptors (Lipinski definition) is 5. The Hall–Kier alpha value is -2.50. The molecule has 2 heterocycles. The molecule has 1 aliphatic carbocycles. The van der Waals surface area contributed by atoms with E-state index < -0.39 is 11.7 Å². The van der Waals surface area contributed by atoms with E-state index in [0.717, 1.165) is 12.8 Å². The topological polar surface area (TPSA) is 76.3 Å². The Balaban J connectivity index is 1.64. The number of para-hydroxylation sites is 1. The molecule has 6 heteroatoms. The number of amides is 1. The summed E-state index contributed by atoms with van der Waals surface area (Å²) in [7, 11) is 0. The van der Waals surface area contributed by atoms with Crippen LogP contribution in [0.1, 0.15) is 40.8 Å². The van der Waals surface area contributed by atoms with Gasteiger partial charge in [-0.1, -0.05) is 17.3 Å². The molecule has 100 valence electrons. The van der Waals surface area contributed by atoms with Gasteiger partial charge in [0.2, 0.25) is 5.89 Å². The Kier molecular flexibility index (Phi) is 2.26. The lowest BCUT2D eigenvalue weighted by atomic mass is 10.1. The predicted molar refractivity (Wildman–Crippen MR) is 68.2 cm³/mol. The highest BCUT2D eigenvalue weighted by Crippen LogP contribution is 2.39. The number of fused-ring (bicyclic) bond motifs is 1. The number of ketones is 1. The number of nitrogens with zero attached hydrogens (tertiary/aromatic N) is 3. The molecule has 1 aliphatic heterocycles. The highest BCUT2D eigenvalue weighted by atomic mass is 16.5. The quantitative estimate of drug-likeness (QED) is 0.792. The predicted octanol–water partition coefficient (Wildman–Crippen LogP) is 1.68. The van der Waals surface area contributed by atoms with Crippen molar-refractivity contribution in [2.45, 2.75) is 25.3 Å². The van der Waals surface area contributed by atoms with Crippen molar-refractivity contribution in [1.82, 2.24) is 10.1 Å². The summed E-state index contributed by atoms with van der Waals surface area (Å²) in [4.78, 5) is 29.6. The van der Waals surface area contributed by atoms with Crippen LogP contribution in [0, 0.1) is 0 Å². The van der Waals surface area contributed by atoms with Gasteiger partial charge in [-0.25, -0.2) is 0 Å². The third-order valence-electron chi connectivity index (χ3n) is 3.59. The summed E-state index contributed by atoms with van der Waals surface area (Å²) >= 11 is 0. The van der Waals surface area contributed by atoms with Crippen molar-refractivity contribution >= 4 is 17.4 Å². The fourth-order valence-corrected chi connectivity index (χ4v) is 2.37. The minimum atomic E-state index is -0.538. The Morgan fingerprint density at radius 1 is 1.25 bits per heavy atom. The monoisotopic (exact) mass is 269 g/mol. The normalized spacial score (nSPS) is 17.7. The van der Waals surface area contributed by atoms with Gasteiger partial charge in [0, 0.05) is 5.92 Å². The van der Waals surface area contributed by atoms with E-state index in [1.165, 1.54) is 4.90 Å². The van der Waals surface area contributed by atoms with Crippen LogP contribution in [0.3, 0.4) is 0 Å². The van der Waals surface area contributed by atoms with Crippen LogP contribution < -0.4 is 4.90 Å². The van der Waals surface area contributed by atoms with Gasteiger partial charge < -0.3 is 4.52 Å². The molecular weight excluding hydrogens is 258 g/mol. The molecular formula is C14H11N3O3. The van der Waals surface area contributed by atoms with Crippen LogP contribution >= 0.6 is 0 Å². The van der Waals surface area contributed by atoms with Crippen molar-refractivity contribution in [2.24, 2.45) is 0 Å². The molecule has 0 saturated heterocycles. The Morgan fingerprint density at radius 2 is 2.05 bits per heavy atom. The standard InChI is InChI=1S/C14H11N3O3/c18-12-9-3-1-2-4-10(9)17(14(12)19)7-11-15-13(20-16-11)8-5-6-8/h1-4,8H,5-7H2. The second-order valence-electron chi connectivity index (χ2n) is 5.06. The summed E-state index contributed by atoms with van der Waals surface area (Å²) in [5.41, 5.74) is 1.05. The lowest BCUT2D eigenvalue weighted by molar-refractivity contribution is -0.114. The summed E-state index contributed by atoms with van der Waals surface area (Å²) in [5, 5.41) is 3.88. The highest BCUT2D eigenvalue weighted by molar-refractivity contribution is 6.52. The number of hydrogen-bond donors (Lipinski definition) is 0. The second-order valence-corrected chi connectivity index (χ2v) is 5.06. The van der Waals surface area contributed by atoms with Gasteiger partial charge in [0.05, 0.1) is 17.8 Å². The third-order valence-corrected chi connectivity index (χ3v) is 3.59. The molecule has 2 aromatic rings. The van der Waals surface area contributed by atoms with E-state index >= 15 is 0 Å². The van der Waals surface area contributed by atoms with Crippen LogP contribution in [0.4, 0.5) is 5.69 Å². The minimum absolute atomic E-state index is 0.164. The number of rotatable bonds is 3. The number of Topliss-reactive ketones (excluding diaryl/α,β-unsaturated/α-hetero) is 1. The molecule has 1 amide bonds. The van der Waals surface area contributed by atoms with Crippen LogP contribution in [0.5, 0.6) is 0 Å². The first-order valence-electron chi connectivity index (χ1n) is 6.52. The molecule has 4 rings (SSSR count). The van der Waals surface area contributed by atoms with Crippen LogP contribution in [-0.2, 0) is 11.3 Å². The average Bonchev–Trinajstić information content (AvgIpc) is 3.18. The molecule has 1 fully saturated rings. The molecule has 0 bridgehead atoms. The molecule has 0 unspecified atom stereocenters. The molecule has 2 aliphatic rings. The maximum atomic E-state index is 12.0. The Morgan fingerprint density at radius 3 is 2.85 bits per heavy atom. The first-order valence-corrected chi connectivity index (χ1v) is 6.52. The van der Waals surface area contributed by atoms with Gasteiger partial charge in [0.1, 0.15) is 0 Å². The lowest BCUT2D eigenvalue weighted by Crippen LogP contribution is -2.29. The number of carbonyl (C=O) groups is 2. The van der Waals surface area contributed by atoms with Crippen LogP contribution in [-0.4, -0.2) is 21.8 Å². The molecule has 1 saturated carbocycles. The average molecular weight is 269 g/mol. The van der Waals surface area contributed by atoms with E-state index in [1.807, 2.05) is 0 Å². The first kappa shape index (κ1) is 11.3. The number of benzene rings is 1. The van der Waals surface area contributed by atoms with E-state index in [1.54, 1.807) is 24.3 Å². The molecule has 20 heavy (non-hydrogen) atoms. The molecule has 0 spiro atoms. The van der Waals surface area contributed by atoms with Crippen molar-refractivity contribution in [1.29, 1.82) is 0 Å². The van der Waals surface area contributed by atoms with Crippen molar-refractivity contribution in [3.63, 3.8) is 0 Å². The smallest absolute Gasteiger partial charge is 0.299 e. The van der Waals surface area contributed by atoms with E-state index in [2.05, 4.69) is 10.1 Å². The van der Waals surface area contributed by atoms with Crippen molar-refractivity contribution in [2.75, 3.05) is 4.90 Å². The zero-order chi connectivity index (χ0) is 13.7. The fraction of sp³-hybridized carbons (Fsp3) is 0.286. The molecule has 0 N–H and O–H groups in total. The van der Waals surface area contributed by atoms with Crippen molar-refractivity contribution in [3.8, 4) is 0 Å². The maximum absolute atomic E-state index is 12.0. The summed E-state index contributed by atoms with van der Waals surface area (Å²) in [6.45, 7) is 0.164. The first-order chi connectivity index (χ1) is 9.74. The summed E-state index contributed by atoms with van der Waals surface area (Å²) in [6, 6.07) is 6.94. The maximum Gasteiger partial charge on any atom is 0.299 e. The number of anilines is 1. The van der Waals surface area contributed by atoms with Gasteiger partial charge in [0.25, 0.3) is 11.7 Å². The molecule has 0 atom stereocenters. The van der Waals surface area contributed by atoms with Gasteiger partial charge in [-0.15, -0.1) is 0 Å². The Bertz CT molecular complexity index is 718. The van der Waals surface area contributed by atoms with E-state index in [4.69, 9.17) is 4.52 Å². The number of aromatic nitrogens is 2. The van der Waals surface area contributed by atoms with E-state index in [9.17, 15) is 9.59 Å². The van der Waals surface area contributed by atoms with Gasteiger partial charge in [-0.2, -0.15) is 4.98 Å². The number of carbonyl (C=O) groups excluding carboxylic acids is 2. The SMILES string of the molecule is O=C1C(=O)N(Cc2noc(C3CC3)n2)c2ccccc21. The van der Waals surface area contributed by atoms with Gasteiger partial charge in [-0.05, 0) is 25.0 Å². The van der Waals surface area contributed by atoms with E-state index in [0.29, 0.717) is 28.9 Å². The zero-order valence-electron chi connectivity index (χ0n) is 10.6. The van der Waals surface area contributed by atoms with Crippen molar-refractivity contribution in [3.05, 3.63) is 41.5 Å². The van der Waals surface area contributed by atoms with Crippen molar-refractivity contribution < 1.29 is 14.1 Å². The highest BCUT2D eigenvalue weighted by Gasteiger charge is 2.36. The fourth-order valence-electron chi connectivity index (χ4n) is 2.37. The molecule has 0 radical (unpaired) electrons. The van der Waals surface area contributed by atoms with Gasteiger partial charge in [0.15, 0.2) is 5.82 Å². The molecule has 6 nitrogen and oxygen atoms in total. The second kappa shape index (κ2) is 4.00. The lowest BCUT2D eigenvalue weighted by Gasteiger charge is -2.13. The van der Waals surface area contributed by atoms with Crippen LogP contribution in [0.15, 0.2) is 28.8 Å². The van der Waals surface area contributed by atoms with Crippen LogP contribution in [0.25, 0.3) is 0 Å². The minimum Gasteiger partial charge on any atom is -0.339 e. The zero-order valence-corrected chi connectivity index (χ0v) is 10.6. The summed E-state index contributed by atoms with van der Waals surface area (Å²) in [5.74, 6) is 0.422.